The summed E-state index contributed by atoms with van der Waals surface area (Å²) in [5.41, 5.74) is 1.41. The summed E-state index contributed by atoms with van der Waals surface area (Å²) in [6, 6.07) is 8.41. The number of hydrogen-bond acceptors (Lipinski definition) is 3. The molecule has 1 amide bonds. The largest absolute Gasteiger partial charge is 0.387 e. The zero-order valence-corrected chi connectivity index (χ0v) is 12.1. The van der Waals surface area contributed by atoms with Crippen molar-refractivity contribution in [2.45, 2.75) is 18.4 Å². The second-order valence-electron chi connectivity index (χ2n) is 5.29. The summed E-state index contributed by atoms with van der Waals surface area (Å²) < 4.78 is 13.6. The Balaban J connectivity index is 1.53. The van der Waals surface area contributed by atoms with Crippen LogP contribution in [0.3, 0.4) is 0 Å². The first-order chi connectivity index (χ1) is 10.2. The van der Waals surface area contributed by atoms with E-state index in [4.69, 9.17) is 0 Å². The predicted molar refractivity (Wildman–Crippen MR) is 79.5 cm³/mol. The van der Waals surface area contributed by atoms with Crippen LogP contribution in [-0.2, 0) is 4.79 Å². The number of aliphatic hydroxyl groups excluding tert-OH is 1. The molecule has 1 fully saturated rings. The Labute approximate surface area is 126 Å². The molecule has 21 heavy (non-hydrogen) atoms. The number of aliphatic hydroxyl groups is 1. The molecule has 1 aromatic carbocycles. The van der Waals surface area contributed by atoms with Gasteiger partial charge in [-0.25, -0.2) is 4.39 Å². The van der Waals surface area contributed by atoms with Crippen molar-refractivity contribution in [2.24, 2.45) is 5.92 Å². The van der Waals surface area contributed by atoms with Gasteiger partial charge in [-0.3, -0.25) is 4.79 Å². The first-order valence-electron chi connectivity index (χ1n) is 6.89. The van der Waals surface area contributed by atoms with Crippen LogP contribution in [0.2, 0.25) is 0 Å². The van der Waals surface area contributed by atoms with Crippen molar-refractivity contribution in [2.75, 3.05) is 6.54 Å². The summed E-state index contributed by atoms with van der Waals surface area (Å²) in [5.74, 6) is -0.588. The molecule has 3 atom stereocenters. The van der Waals surface area contributed by atoms with Crippen LogP contribution in [0.15, 0.2) is 41.1 Å². The Morgan fingerprint density at radius 1 is 1.43 bits per heavy atom. The van der Waals surface area contributed by atoms with Crippen molar-refractivity contribution in [1.29, 1.82) is 0 Å². The van der Waals surface area contributed by atoms with Gasteiger partial charge in [-0.2, -0.15) is 11.3 Å². The fraction of sp³-hybridized carbons (Fsp3) is 0.312. The Bertz CT molecular complexity index is 629. The van der Waals surface area contributed by atoms with Gasteiger partial charge in [0, 0.05) is 12.5 Å². The molecule has 3 nitrogen and oxygen atoms in total. The number of carbonyl (C=O) groups is 1. The minimum absolute atomic E-state index is 0.0375. The van der Waals surface area contributed by atoms with E-state index in [1.807, 2.05) is 16.8 Å². The Morgan fingerprint density at radius 2 is 2.24 bits per heavy atom. The lowest BCUT2D eigenvalue weighted by atomic mass is 10.1. The molecule has 1 aliphatic carbocycles. The van der Waals surface area contributed by atoms with Crippen molar-refractivity contribution >= 4 is 17.2 Å². The van der Waals surface area contributed by atoms with Gasteiger partial charge in [0.25, 0.3) is 0 Å². The predicted octanol–water partition coefficient (Wildman–Crippen LogP) is 2.84. The summed E-state index contributed by atoms with van der Waals surface area (Å²) in [7, 11) is 0. The second kappa shape index (κ2) is 5.95. The molecule has 3 unspecified atom stereocenters. The molecule has 5 heteroatoms. The SMILES string of the molecule is O=C(NCC(O)c1ccsc1)C1CC1c1ccccc1F. The summed E-state index contributed by atoms with van der Waals surface area (Å²) in [4.78, 5) is 12.0. The van der Waals surface area contributed by atoms with E-state index in [0.29, 0.717) is 12.0 Å². The molecule has 2 aromatic rings. The highest BCUT2D eigenvalue weighted by Gasteiger charge is 2.45. The van der Waals surface area contributed by atoms with Gasteiger partial charge in [-0.05, 0) is 46.4 Å². The highest BCUT2D eigenvalue weighted by Crippen LogP contribution is 2.48. The van der Waals surface area contributed by atoms with E-state index >= 15 is 0 Å². The van der Waals surface area contributed by atoms with Crippen molar-refractivity contribution in [3.63, 3.8) is 0 Å². The lowest BCUT2D eigenvalue weighted by Gasteiger charge is -2.10. The van der Waals surface area contributed by atoms with E-state index in [9.17, 15) is 14.3 Å². The molecule has 0 spiro atoms. The molecule has 0 radical (unpaired) electrons. The van der Waals surface area contributed by atoms with Gasteiger partial charge >= 0.3 is 0 Å². The third kappa shape index (κ3) is 3.14. The fourth-order valence-electron chi connectivity index (χ4n) is 2.52. The molecule has 1 aliphatic rings. The molecule has 3 rings (SSSR count). The quantitative estimate of drug-likeness (QED) is 0.892. The van der Waals surface area contributed by atoms with Gasteiger partial charge in [0.2, 0.25) is 5.91 Å². The third-order valence-electron chi connectivity index (χ3n) is 3.83. The number of benzene rings is 1. The summed E-state index contributed by atoms with van der Waals surface area (Å²) in [6.07, 6.45) is -0.0210. The van der Waals surface area contributed by atoms with E-state index in [1.54, 1.807) is 18.2 Å². The molecule has 0 saturated heterocycles. The number of halogens is 1. The molecule has 0 bridgehead atoms. The Morgan fingerprint density at radius 3 is 2.95 bits per heavy atom. The number of hydrogen-bond donors (Lipinski definition) is 2. The van der Waals surface area contributed by atoms with Gasteiger partial charge in [-0.15, -0.1) is 0 Å². The number of thiophene rings is 1. The standard InChI is InChI=1S/C16H16FNO2S/c17-14-4-2-1-3-11(14)12-7-13(12)16(20)18-8-15(19)10-5-6-21-9-10/h1-6,9,12-13,15,19H,7-8H2,(H,18,20). The van der Waals surface area contributed by atoms with Crippen LogP contribution in [0, 0.1) is 11.7 Å². The minimum atomic E-state index is -0.689. The van der Waals surface area contributed by atoms with Crippen molar-refractivity contribution < 1.29 is 14.3 Å². The lowest BCUT2D eigenvalue weighted by Crippen LogP contribution is -2.29. The fourth-order valence-corrected chi connectivity index (χ4v) is 3.22. The van der Waals surface area contributed by atoms with Crippen LogP contribution in [-0.4, -0.2) is 17.6 Å². The van der Waals surface area contributed by atoms with E-state index in [-0.39, 0.29) is 30.1 Å². The summed E-state index contributed by atoms with van der Waals surface area (Å²) in [5, 5.41) is 16.4. The second-order valence-corrected chi connectivity index (χ2v) is 6.07. The molecule has 110 valence electrons. The maximum Gasteiger partial charge on any atom is 0.223 e. The Kier molecular flexibility index (Phi) is 4.03. The minimum Gasteiger partial charge on any atom is -0.387 e. The molecule has 1 heterocycles. The average molecular weight is 305 g/mol. The van der Waals surface area contributed by atoms with Crippen LogP contribution in [0.5, 0.6) is 0 Å². The number of amides is 1. The molecule has 1 aromatic heterocycles. The van der Waals surface area contributed by atoms with Gasteiger partial charge in [-0.1, -0.05) is 18.2 Å². The van der Waals surface area contributed by atoms with E-state index in [1.165, 1.54) is 17.4 Å². The lowest BCUT2D eigenvalue weighted by molar-refractivity contribution is -0.122. The number of rotatable bonds is 5. The van der Waals surface area contributed by atoms with Crippen LogP contribution in [0.1, 0.15) is 29.6 Å². The van der Waals surface area contributed by atoms with Crippen LogP contribution >= 0.6 is 11.3 Å². The third-order valence-corrected chi connectivity index (χ3v) is 4.53. The average Bonchev–Trinajstić information content (AvgIpc) is 3.08. The normalized spacial score (nSPS) is 21.8. The maximum atomic E-state index is 13.6. The molecule has 0 aliphatic heterocycles. The van der Waals surface area contributed by atoms with E-state index < -0.39 is 6.10 Å². The van der Waals surface area contributed by atoms with Gasteiger partial charge < -0.3 is 10.4 Å². The van der Waals surface area contributed by atoms with E-state index in [0.717, 1.165) is 5.56 Å². The van der Waals surface area contributed by atoms with Crippen molar-refractivity contribution in [1.82, 2.24) is 5.32 Å². The molecular formula is C16H16FNO2S. The highest BCUT2D eigenvalue weighted by atomic mass is 32.1. The zero-order valence-electron chi connectivity index (χ0n) is 11.3. The molecule has 1 saturated carbocycles. The first kappa shape index (κ1) is 14.2. The van der Waals surface area contributed by atoms with Crippen molar-refractivity contribution in [3.8, 4) is 0 Å². The zero-order chi connectivity index (χ0) is 14.8. The van der Waals surface area contributed by atoms with Gasteiger partial charge in [0.05, 0.1) is 6.10 Å². The van der Waals surface area contributed by atoms with Crippen molar-refractivity contribution in [3.05, 3.63) is 58.0 Å². The molecular weight excluding hydrogens is 289 g/mol. The molecule has 2 N–H and O–H groups in total. The monoisotopic (exact) mass is 305 g/mol. The summed E-state index contributed by atoms with van der Waals surface area (Å²) >= 11 is 1.51. The first-order valence-corrected chi connectivity index (χ1v) is 7.83. The van der Waals surface area contributed by atoms with Gasteiger partial charge in [0.15, 0.2) is 0 Å². The maximum absolute atomic E-state index is 13.6. The summed E-state index contributed by atoms with van der Waals surface area (Å²) in [6.45, 7) is 0.191. The Hall–Kier alpha value is -1.72. The van der Waals surface area contributed by atoms with E-state index in [2.05, 4.69) is 5.32 Å². The number of nitrogens with one attached hydrogen (secondary N) is 1. The smallest absolute Gasteiger partial charge is 0.223 e. The topological polar surface area (TPSA) is 49.3 Å². The van der Waals surface area contributed by atoms with Crippen LogP contribution < -0.4 is 5.32 Å². The van der Waals surface area contributed by atoms with Crippen LogP contribution in [0.25, 0.3) is 0 Å². The highest BCUT2D eigenvalue weighted by molar-refractivity contribution is 7.07. The van der Waals surface area contributed by atoms with Gasteiger partial charge in [0.1, 0.15) is 5.82 Å². The van der Waals surface area contributed by atoms with Crippen LogP contribution in [0.4, 0.5) is 4.39 Å². The number of carbonyl (C=O) groups excluding carboxylic acids is 1.